The number of nitrogens with zero attached hydrogens (tertiary/aromatic N) is 3. The second kappa shape index (κ2) is 7.52. The third-order valence-corrected chi connectivity index (χ3v) is 4.67. The number of aryl methyl sites for hydroxylation is 1. The number of ether oxygens (including phenoxy) is 1. The number of rotatable bonds is 4. The van der Waals surface area contributed by atoms with Crippen LogP contribution < -0.4 is 10.1 Å². The Morgan fingerprint density at radius 1 is 1.07 bits per heavy atom. The maximum Gasteiger partial charge on any atom is 0.259 e. The fourth-order valence-corrected chi connectivity index (χ4v) is 3.11. The molecule has 0 aliphatic rings. The maximum atomic E-state index is 13.1. The highest BCUT2D eigenvalue weighted by Gasteiger charge is 2.16. The average Bonchev–Trinajstić information content (AvgIpc) is 3.11. The summed E-state index contributed by atoms with van der Waals surface area (Å²) in [7, 11) is 1.49. The van der Waals surface area contributed by atoms with E-state index in [0.717, 1.165) is 5.56 Å². The quantitative estimate of drug-likeness (QED) is 0.525. The number of fused-ring (bicyclic) bond motifs is 1. The van der Waals surface area contributed by atoms with Crippen molar-refractivity contribution in [3.8, 4) is 11.4 Å². The number of halogens is 2. The Morgan fingerprint density at radius 2 is 1.76 bits per heavy atom. The molecule has 1 amide bonds. The van der Waals surface area contributed by atoms with Gasteiger partial charge in [0.05, 0.1) is 18.4 Å². The second-order valence-electron chi connectivity index (χ2n) is 6.42. The van der Waals surface area contributed by atoms with Gasteiger partial charge in [-0.1, -0.05) is 11.6 Å². The number of benzene rings is 3. The van der Waals surface area contributed by atoms with Gasteiger partial charge in [-0.2, -0.15) is 4.80 Å². The lowest BCUT2D eigenvalue weighted by Gasteiger charge is -2.11. The standard InChI is InChI=1S/C21H16ClFN4O2/c1-12-9-18-19(26-27(25-18)15-6-4-14(23)5-7-15)11-17(12)24-21(28)16-10-13(22)3-8-20(16)29-2/h3-11H,1-2H3,(H,24,28). The van der Waals surface area contributed by atoms with E-state index in [1.54, 1.807) is 36.4 Å². The molecule has 0 bridgehead atoms. The average molecular weight is 411 g/mol. The van der Waals surface area contributed by atoms with Crippen LogP contribution in [0, 0.1) is 12.7 Å². The van der Waals surface area contributed by atoms with Crippen molar-refractivity contribution >= 4 is 34.2 Å². The van der Waals surface area contributed by atoms with Crippen molar-refractivity contribution in [2.45, 2.75) is 6.92 Å². The smallest absolute Gasteiger partial charge is 0.259 e. The van der Waals surface area contributed by atoms with Crippen LogP contribution in [0.5, 0.6) is 5.75 Å². The Hall–Kier alpha value is -3.45. The van der Waals surface area contributed by atoms with Crippen LogP contribution in [0.1, 0.15) is 15.9 Å². The van der Waals surface area contributed by atoms with Crippen molar-refractivity contribution in [3.05, 3.63) is 76.6 Å². The summed E-state index contributed by atoms with van der Waals surface area (Å²) in [6, 6.07) is 14.3. The normalized spacial score (nSPS) is 10.9. The molecule has 0 fully saturated rings. The lowest BCUT2D eigenvalue weighted by Crippen LogP contribution is -2.14. The summed E-state index contributed by atoms with van der Waals surface area (Å²) < 4.78 is 18.4. The molecule has 1 aromatic heterocycles. The van der Waals surface area contributed by atoms with E-state index in [2.05, 4.69) is 15.5 Å². The van der Waals surface area contributed by atoms with Gasteiger partial charge in [-0.25, -0.2) is 4.39 Å². The van der Waals surface area contributed by atoms with E-state index >= 15 is 0 Å². The second-order valence-corrected chi connectivity index (χ2v) is 6.86. The molecule has 29 heavy (non-hydrogen) atoms. The molecule has 0 spiro atoms. The van der Waals surface area contributed by atoms with Crippen LogP contribution in [-0.2, 0) is 0 Å². The lowest BCUT2D eigenvalue weighted by atomic mass is 10.1. The van der Waals surface area contributed by atoms with Crippen LogP contribution in [0.25, 0.3) is 16.7 Å². The molecular formula is C21H16ClFN4O2. The summed E-state index contributed by atoms with van der Waals surface area (Å²) >= 11 is 6.02. The minimum absolute atomic E-state index is 0.328. The summed E-state index contributed by atoms with van der Waals surface area (Å²) in [4.78, 5) is 14.2. The fraction of sp³-hybridized carbons (Fsp3) is 0.0952. The summed E-state index contributed by atoms with van der Waals surface area (Å²) in [5.74, 6) is -0.256. The number of anilines is 1. The zero-order valence-electron chi connectivity index (χ0n) is 15.6. The number of amides is 1. The van der Waals surface area contributed by atoms with E-state index in [-0.39, 0.29) is 11.7 Å². The molecule has 6 nitrogen and oxygen atoms in total. The van der Waals surface area contributed by atoms with E-state index in [1.807, 2.05) is 13.0 Å². The van der Waals surface area contributed by atoms with E-state index in [9.17, 15) is 9.18 Å². The Balaban J connectivity index is 1.68. The first-order chi connectivity index (χ1) is 13.9. The topological polar surface area (TPSA) is 69.0 Å². The van der Waals surface area contributed by atoms with Crippen molar-refractivity contribution in [3.63, 3.8) is 0 Å². The predicted molar refractivity (Wildman–Crippen MR) is 110 cm³/mol. The van der Waals surface area contributed by atoms with Gasteiger partial charge in [-0.15, -0.1) is 10.2 Å². The number of nitrogens with one attached hydrogen (secondary N) is 1. The molecule has 0 unspecified atom stereocenters. The van der Waals surface area contributed by atoms with Crippen molar-refractivity contribution in [1.29, 1.82) is 0 Å². The van der Waals surface area contributed by atoms with Gasteiger partial charge in [-0.05, 0) is 67.1 Å². The van der Waals surface area contributed by atoms with Crippen LogP contribution in [-0.4, -0.2) is 28.0 Å². The Labute approximate surface area is 170 Å². The van der Waals surface area contributed by atoms with Gasteiger partial charge in [0.15, 0.2) is 0 Å². The third kappa shape index (κ3) is 3.77. The van der Waals surface area contributed by atoms with Gasteiger partial charge in [0, 0.05) is 10.7 Å². The molecule has 146 valence electrons. The number of aromatic nitrogens is 3. The molecule has 0 radical (unpaired) electrons. The maximum absolute atomic E-state index is 13.1. The van der Waals surface area contributed by atoms with Crippen molar-refractivity contribution in [1.82, 2.24) is 15.0 Å². The predicted octanol–water partition coefficient (Wildman–Crippen LogP) is 4.78. The first-order valence-electron chi connectivity index (χ1n) is 8.73. The highest BCUT2D eigenvalue weighted by molar-refractivity contribution is 6.31. The summed E-state index contributed by atoms with van der Waals surface area (Å²) in [6.07, 6.45) is 0. The molecule has 0 aliphatic carbocycles. The van der Waals surface area contributed by atoms with E-state index in [0.29, 0.717) is 38.7 Å². The molecule has 1 heterocycles. The zero-order chi connectivity index (χ0) is 20.5. The molecule has 0 atom stereocenters. The Bertz CT molecular complexity index is 1220. The van der Waals surface area contributed by atoms with Crippen molar-refractivity contribution < 1.29 is 13.9 Å². The van der Waals surface area contributed by atoms with Crippen LogP contribution in [0.2, 0.25) is 5.02 Å². The number of methoxy groups -OCH3 is 1. The number of carbonyl (C=O) groups excluding carboxylic acids is 1. The lowest BCUT2D eigenvalue weighted by molar-refractivity contribution is 0.102. The fourth-order valence-electron chi connectivity index (χ4n) is 2.94. The van der Waals surface area contributed by atoms with Crippen molar-refractivity contribution in [2.24, 2.45) is 0 Å². The molecule has 1 N–H and O–H groups in total. The Morgan fingerprint density at radius 3 is 2.45 bits per heavy atom. The number of hydrogen-bond donors (Lipinski definition) is 1. The van der Waals surface area contributed by atoms with Crippen molar-refractivity contribution in [2.75, 3.05) is 12.4 Å². The van der Waals surface area contributed by atoms with E-state index in [4.69, 9.17) is 16.3 Å². The monoisotopic (exact) mass is 410 g/mol. The largest absolute Gasteiger partial charge is 0.496 e. The number of carbonyl (C=O) groups is 1. The third-order valence-electron chi connectivity index (χ3n) is 4.44. The minimum atomic E-state index is -0.349. The highest BCUT2D eigenvalue weighted by Crippen LogP contribution is 2.26. The number of hydrogen-bond acceptors (Lipinski definition) is 4. The first-order valence-corrected chi connectivity index (χ1v) is 9.11. The van der Waals surface area contributed by atoms with Gasteiger partial charge in [-0.3, -0.25) is 4.79 Å². The molecule has 0 saturated heterocycles. The van der Waals surface area contributed by atoms with Gasteiger partial charge in [0.1, 0.15) is 22.6 Å². The molecule has 0 aliphatic heterocycles. The first kappa shape index (κ1) is 18.9. The van der Waals surface area contributed by atoms with E-state index < -0.39 is 0 Å². The van der Waals surface area contributed by atoms with Crippen LogP contribution in [0.15, 0.2) is 54.6 Å². The summed E-state index contributed by atoms with van der Waals surface area (Å²) in [5.41, 5.74) is 3.62. The molecule has 8 heteroatoms. The van der Waals surface area contributed by atoms with E-state index in [1.165, 1.54) is 24.0 Å². The zero-order valence-corrected chi connectivity index (χ0v) is 16.4. The molecule has 3 aromatic carbocycles. The van der Waals surface area contributed by atoms with Crippen LogP contribution in [0.3, 0.4) is 0 Å². The molecular weight excluding hydrogens is 395 g/mol. The molecule has 4 rings (SSSR count). The van der Waals surface area contributed by atoms with Gasteiger partial charge in [0.2, 0.25) is 0 Å². The molecule has 0 saturated carbocycles. The minimum Gasteiger partial charge on any atom is -0.496 e. The highest BCUT2D eigenvalue weighted by atomic mass is 35.5. The summed E-state index contributed by atoms with van der Waals surface area (Å²) in [6.45, 7) is 1.86. The summed E-state index contributed by atoms with van der Waals surface area (Å²) in [5, 5.41) is 12.2. The van der Waals surface area contributed by atoms with Crippen LogP contribution >= 0.6 is 11.6 Å². The van der Waals surface area contributed by atoms with Crippen LogP contribution in [0.4, 0.5) is 10.1 Å². The SMILES string of the molecule is COc1ccc(Cl)cc1C(=O)Nc1cc2nn(-c3ccc(F)cc3)nc2cc1C. The molecule has 4 aromatic rings. The van der Waals surface area contributed by atoms with Gasteiger partial charge >= 0.3 is 0 Å². The van der Waals surface area contributed by atoms with Gasteiger partial charge < -0.3 is 10.1 Å². The Kier molecular flexibility index (Phi) is 4.90. The van der Waals surface area contributed by atoms with Gasteiger partial charge in [0.25, 0.3) is 5.91 Å².